The molecule has 4 amide bonds. The number of nitrogens with one attached hydrogen (secondary N) is 3. The fraction of sp³-hybridized carbons (Fsp3) is 0.571. The Morgan fingerprint density at radius 1 is 1.06 bits per heavy atom. The summed E-state index contributed by atoms with van der Waals surface area (Å²) in [6.07, 6.45) is 5.64. The van der Waals surface area contributed by atoms with Crippen molar-refractivity contribution in [3.05, 3.63) is 36.3 Å². The average molecular weight is 746 g/mol. The maximum atomic E-state index is 14.9. The molecule has 4 aliphatic rings. The van der Waals surface area contributed by atoms with Gasteiger partial charge in [0.2, 0.25) is 27.7 Å². The number of hydrogen-bond donors (Lipinski definition) is 4. The third-order valence-electron chi connectivity index (χ3n) is 10.5. The number of benzene rings is 1. The van der Waals surface area contributed by atoms with Crippen LogP contribution < -0.4 is 29.6 Å². The third kappa shape index (κ3) is 7.45. The summed E-state index contributed by atoms with van der Waals surface area (Å²) in [6, 6.07) is 0.160. The number of carboxylic acid groups (broad SMARTS) is 1. The van der Waals surface area contributed by atoms with Crippen LogP contribution in [-0.2, 0) is 24.4 Å². The maximum absolute atomic E-state index is 14.9. The van der Waals surface area contributed by atoms with E-state index in [1.165, 1.54) is 37.4 Å². The van der Waals surface area contributed by atoms with Crippen LogP contribution >= 0.6 is 0 Å². The summed E-state index contributed by atoms with van der Waals surface area (Å²) in [5.41, 5.74) is -1.58. The monoisotopic (exact) mass is 745 g/mol. The number of carbonyl (C=O) groups excluding carboxylic acids is 3. The zero-order chi connectivity index (χ0) is 37.5. The van der Waals surface area contributed by atoms with Crippen molar-refractivity contribution in [2.75, 3.05) is 20.8 Å². The number of sulfonamides is 1. The molecule has 17 heteroatoms. The number of allylic oxidation sites excluding steroid dienone is 1. The van der Waals surface area contributed by atoms with Crippen molar-refractivity contribution in [2.45, 2.75) is 87.8 Å². The van der Waals surface area contributed by atoms with E-state index >= 15 is 0 Å². The number of carbonyl (C=O) groups is 4. The maximum Gasteiger partial charge on any atom is 0.405 e. The molecular weight excluding hydrogens is 701 g/mol. The van der Waals surface area contributed by atoms with E-state index in [1.54, 1.807) is 6.92 Å². The first kappa shape index (κ1) is 37.1. The van der Waals surface area contributed by atoms with Crippen LogP contribution in [0.5, 0.6) is 17.4 Å². The van der Waals surface area contributed by atoms with Gasteiger partial charge in [0.15, 0.2) is 11.6 Å². The zero-order valence-electron chi connectivity index (χ0n) is 29.4. The van der Waals surface area contributed by atoms with E-state index in [9.17, 15) is 37.1 Å². The van der Waals surface area contributed by atoms with Crippen LogP contribution in [-0.4, -0.2) is 97.0 Å². The van der Waals surface area contributed by atoms with Crippen molar-refractivity contribution >= 4 is 44.6 Å². The van der Waals surface area contributed by atoms with Gasteiger partial charge in [0, 0.05) is 17.7 Å². The summed E-state index contributed by atoms with van der Waals surface area (Å²) in [5, 5.41) is 14.9. The van der Waals surface area contributed by atoms with Gasteiger partial charge >= 0.3 is 6.09 Å². The first-order valence-electron chi connectivity index (χ1n) is 17.4. The Hall–Kier alpha value is -4.67. The minimum Gasteiger partial charge on any atom is -0.494 e. The summed E-state index contributed by atoms with van der Waals surface area (Å²) in [6.45, 7) is 3.58. The Balaban J connectivity index is 1.35. The Bertz CT molecular complexity index is 1910. The van der Waals surface area contributed by atoms with Crippen LogP contribution in [0.4, 0.5) is 9.18 Å². The van der Waals surface area contributed by atoms with Gasteiger partial charge in [-0.1, -0.05) is 32.4 Å². The highest BCUT2D eigenvalue weighted by molar-refractivity contribution is 7.91. The summed E-state index contributed by atoms with van der Waals surface area (Å²) < 4.78 is 59.5. The molecule has 2 aliphatic heterocycles. The number of nitrogens with zero attached hydrogens (tertiary/aromatic N) is 2. The third-order valence-corrected chi connectivity index (χ3v) is 12.3. The van der Waals surface area contributed by atoms with E-state index in [1.807, 2.05) is 19.1 Å². The molecule has 1 saturated heterocycles. The molecule has 3 fully saturated rings. The molecule has 3 heterocycles. The van der Waals surface area contributed by atoms with Gasteiger partial charge in [-0.2, -0.15) is 0 Å². The zero-order valence-corrected chi connectivity index (χ0v) is 30.2. The predicted octanol–water partition coefficient (Wildman–Crippen LogP) is 2.87. The molecule has 1 aromatic heterocycles. The van der Waals surface area contributed by atoms with Gasteiger partial charge in [-0.05, 0) is 56.1 Å². The molecule has 282 valence electrons. The average Bonchev–Trinajstić information content (AvgIpc) is 4.02. The first-order valence-corrected chi connectivity index (χ1v) is 18.9. The molecule has 2 saturated carbocycles. The highest BCUT2D eigenvalue weighted by Crippen LogP contribution is 2.46. The van der Waals surface area contributed by atoms with Crippen LogP contribution in [0.2, 0.25) is 0 Å². The highest BCUT2D eigenvalue weighted by Gasteiger charge is 2.62. The number of methoxy groups -OCH3 is 2. The lowest BCUT2D eigenvalue weighted by molar-refractivity contribution is -0.142. The minimum absolute atomic E-state index is 0.00539. The summed E-state index contributed by atoms with van der Waals surface area (Å²) in [5.74, 6) is -3.54. The normalized spacial score (nSPS) is 29.5. The lowest BCUT2D eigenvalue weighted by Crippen LogP contribution is -2.59. The fourth-order valence-corrected chi connectivity index (χ4v) is 8.57. The van der Waals surface area contributed by atoms with E-state index in [0.29, 0.717) is 43.2 Å². The number of rotatable bonds is 8. The van der Waals surface area contributed by atoms with Crippen molar-refractivity contribution in [1.82, 2.24) is 25.2 Å². The van der Waals surface area contributed by atoms with Crippen molar-refractivity contribution in [2.24, 2.45) is 17.8 Å². The van der Waals surface area contributed by atoms with E-state index in [4.69, 9.17) is 14.2 Å². The van der Waals surface area contributed by atoms with Gasteiger partial charge in [-0.3, -0.25) is 19.1 Å². The number of aromatic nitrogens is 1. The number of fused-ring (bicyclic) bond motifs is 3. The number of ether oxygens (including phenoxy) is 3. The molecular formula is C35H44FN5O10S. The van der Waals surface area contributed by atoms with Gasteiger partial charge in [0.25, 0.3) is 5.91 Å². The number of pyridine rings is 1. The van der Waals surface area contributed by atoms with Crippen LogP contribution in [0.3, 0.4) is 0 Å². The number of hydrogen-bond acceptors (Lipinski definition) is 10. The lowest BCUT2D eigenvalue weighted by atomic mass is 9.92. The highest BCUT2D eigenvalue weighted by atomic mass is 32.2. The molecule has 7 atom stereocenters. The summed E-state index contributed by atoms with van der Waals surface area (Å²) in [4.78, 5) is 59.7. The molecule has 1 aromatic carbocycles. The Labute approximate surface area is 300 Å². The van der Waals surface area contributed by atoms with Crippen LogP contribution in [0.1, 0.15) is 58.8 Å². The van der Waals surface area contributed by atoms with Gasteiger partial charge in [-0.25, -0.2) is 22.6 Å². The summed E-state index contributed by atoms with van der Waals surface area (Å²) >= 11 is 0. The van der Waals surface area contributed by atoms with Crippen LogP contribution in [0.15, 0.2) is 30.5 Å². The van der Waals surface area contributed by atoms with Gasteiger partial charge < -0.3 is 34.9 Å². The van der Waals surface area contributed by atoms with E-state index < -0.39 is 80.5 Å². The molecule has 2 aliphatic carbocycles. The minimum atomic E-state index is -3.94. The van der Waals surface area contributed by atoms with Crippen molar-refractivity contribution < 1.29 is 51.3 Å². The van der Waals surface area contributed by atoms with Crippen molar-refractivity contribution in [1.29, 1.82) is 0 Å². The SMILES string of the molecule is COc1cc2c(OC)cnc(O[C@@H]3C[C@H]4C(=O)N[C@]5(C(=O)NS(=O)(=O)C6CC6)C[C@H]5C=C[C@H](C)CCC[C@@H](C)[C@H](NC(=O)O)C(=O)N4C3)c2cc1F. The van der Waals surface area contributed by atoms with Gasteiger partial charge in [0.05, 0.1) is 37.6 Å². The van der Waals surface area contributed by atoms with Crippen molar-refractivity contribution in [3.8, 4) is 17.4 Å². The molecule has 0 spiro atoms. The quantitative estimate of drug-likeness (QED) is 0.290. The number of amides is 4. The van der Waals surface area contributed by atoms with E-state index in [2.05, 4.69) is 20.3 Å². The Morgan fingerprint density at radius 3 is 2.46 bits per heavy atom. The molecule has 0 bridgehead atoms. The topological polar surface area (TPSA) is 203 Å². The molecule has 0 unspecified atom stereocenters. The first-order chi connectivity index (χ1) is 24.7. The molecule has 52 heavy (non-hydrogen) atoms. The smallest absolute Gasteiger partial charge is 0.405 e. The largest absolute Gasteiger partial charge is 0.494 e. The molecule has 0 radical (unpaired) electrons. The lowest BCUT2D eigenvalue weighted by Gasteiger charge is -2.31. The van der Waals surface area contributed by atoms with Crippen LogP contribution in [0, 0.1) is 23.6 Å². The van der Waals surface area contributed by atoms with E-state index in [0.717, 1.165) is 0 Å². The number of halogens is 1. The van der Waals surface area contributed by atoms with Crippen LogP contribution in [0.25, 0.3) is 10.8 Å². The van der Waals surface area contributed by atoms with Gasteiger partial charge in [-0.15, -0.1) is 0 Å². The summed E-state index contributed by atoms with van der Waals surface area (Å²) in [7, 11) is -1.19. The second-order valence-corrected chi connectivity index (χ2v) is 16.3. The second-order valence-electron chi connectivity index (χ2n) is 14.3. The standard InChI is InChI=1S/C35H44FN5O10S/c1-18-6-5-7-19(2)29(38-34(45)46)32(43)41-17-21(51-31-24-13-25(36)27(49-3)14-23(24)28(50-4)16-37-31)12-26(41)30(42)39-35(15-20(35)9-8-18)33(44)40-52(47,48)22-10-11-22/h8-9,13-14,16,18-22,26,29,38H,5-7,10-12,15,17H2,1-4H3,(H,39,42)(H,40,44)(H,45,46)/t18-,19-,20-,21-,26+,29+,35-/m1/s1. The molecule has 2 aromatic rings. The van der Waals surface area contributed by atoms with Crippen molar-refractivity contribution in [3.63, 3.8) is 0 Å². The molecule has 4 N–H and O–H groups in total. The Kier molecular flexibility index (Phi) is 10.3. The fourth-order valence-electron chi connectivity index (χ4n) is 7.21. The molecule has 15 nitrogen and oxygen atoms in total. The Morgan fingerprint density at radius 2 is 1.79 bits per heavy atom. The molecule has 6 rings (SSSR count). The second kappa shape index (κ2) is 14.4. The predicted molar refractivity (Wildman–Crippen MR) is 185 cm³/mol. The van der Waals surface area contributed by atoms with Gasteiger partial charge in [0.1, 0.15) is 29.5 Å². The van der Waals surface area contributed by atoms with E-state index in [-0.39, 0.29) is 42.3 Å².